The minimum absolute atomic E-state index is 0.491. The number of hydrogen-bond acceptors (Lipinski definition) is 5. The zero-order valence-electron chi connectivity index (χ0n) is 12.0. The fourth-order valence-corrected chi connectivity index (χ4v) is 2.81. The van der Waals surface area contributed by atoms with Gasteiger partial charge in [0.15, 0.2) is 0 Å². The molecule has 0 heterocycles. The molecule has 19 heavy (non-hydrogen) atoms. The van der Waals surface area contributed by atoms with E-state index in [4.69, 9.17) is 5.73 Å². The molecule has 4 atom stereocenters. The molecule has 1 saturated carbocycles. The standard InChI is InChI=1S/C14H29NO4/c1-14(2,19)13(18)12(17)11(16)10(15)8-9-6-4-3-5-7-9/h9-13,16-19H,3-8,15H2,1-2H3/t10-,11+,12-,13?/m0/s1. The van der Waals surface area contributed by atoms with Gasteiger partial charge in [-0.2, -0.15) is 0 Å². The number of rotatable bonds is 6. The number of aliphatic hydroxyl groups is 4. The summed E-state index contributed by atoms with van der Waals surface area (Å²) in [6.07, 6.45) is 2.46. The second-order valence-electron chi connectivity index (χ2n) is 6.48. The van der Waals surface area contributed by atoms with Crippen molar-refractivity contribution in [3.8, 4) is 0 Å². The molecule has 0 radical (unpaired) electrons. The SMILES string of the molecule is CC(C)(O)C(O)[C@@H](O)[C@H](O)[C@@H](N)CC1CCCCC1. The highest BCUT2D eigenvalue weighted by Crippen LogP contribution is 2.28. The Morgan fingerprint density at radius 3 is 2.05 bits per heavy atom. The van der Waals surface area contributed by atoms with Gasteiger partial charge in [-0.1, -0.05) is 32.1 Å². The summed E-state index contributed by atoms with van der Waals surface area (Å²) in [5.41, 5.74) is 4.46. The van der Waals surface area contributed by atoms with E-state index in [1.54, 1.807) is 0 Å². The topological polar surface area (TPSA) is 107 Å². The molecule has 0 saturated heterocycles. The van der Waals surface area contributed by atoms with Crippen LogP contribution in [-0.4, -0.2) is 50.4 Å². The van der Waals surface area contributed by atoms with Crippen LogP contribution in [0.15, 0.2) is 0 Å². The fourth-order valence-electron chi connectivity index (χ4n) is 2.81. The Bertz CT molecular complexity index is 261. The summed E-state index contributed by atoms with van der Waals surface area (Å²) >= 11 is 0. The molecular weight excluding hydrogens is 246 g/mol. The third-order valence-electron chi connectivity index (χ3n) is 4.17. The quantitative estimate of drug-likeness (QED) is 0.474. The summed E-state index contributed by atoms with van der Waals surface area (Å²) in [5, 5.41) is 39.3. The van der Waals surface area contributed by atoms with Crippen LogP contribution in [-0.2, 0) is 0 Å². The first-order chi connectivity index (χ1) is 8.73. The van der Waals surface area contributed by atoms with Gasteiger partial charge in [0.2, 0.25) is 0 Å². The lowest BCUT2D eigenvalue weighted by molar-refractivity contribution is -0.142. The lowest BCUT2D eigenvalue weighted by Crippen LogP contribution is -2.55. The zero-order valence-corrected chi connectivity index (χ0v) is 12.0. The van der Waals surface area contributed by atoms with Crippen molar-refractivity contribution in [2.45, 2.75) is 82.3 Å². The molecular formula is C14H29NO4. The Labute approximate surface area is 115 Å². The van der Waals surface area contributed by atoms with Gasteiger partial charge in [0.25, 0.3) is 0 Å². The van der Waals surface area contributed by atoms with Crippen LogP contribution in [0.1, 0.15) is 52.4 Å². The summed E-state index contributed by atoms with van der Waals surface area (Å²) in [6, 6.07) is -0.574. The first-order valence-electron chi connectivity index (χ1n) is 7.25. The van der Waals surface area contributed by atoms with Gasteiger partial charge in [0.1, 0.15) is 12.2 Å². The molecule has 114 valence electrons. The van der Waals surface area contributed by atoms with Crippen molar-refractivity contribution in [3.05, 3.63) is 0 Å². The molecule has 6 N–H and O–H groups in total. The van der Waals surface area contributed by atoms with E-state index in [1.807, 2.05) is 0 Å². The van der Waals surface area contributed by atoms with E-state index in [0.29, 0.717) is 12.3 Å². The minimum Gasteiger partial charge on any atom is -0.389 e. The minimum atomic E-state index is -1.47. The van der Waals surface area contributed by atoms with E-state index < -0.39 is 30.0 Å². The highest BCUT2D eigenvalue weighted by molar-refractivity contribution is 4.91. The van der Waals surface area contributed by atoms with Crippen molar-refractivity contribution in [2.75, 3.05) is 0 Å². The van der Waals surface area contributed by atoms with Gasteiger partial charge in [-0.15, -0.1) is 0 Å². The van der Waals surface area contributed by atoms with E-state index in [0.717, 1.165) is 12.8 Å². The molecule has 0 spiro atoms. The van der Waals surface area contributed by atoms with Crippen LogP contribution in [0, 0.1) is 5.92 Å². The molecule has 0 aromatic heterocycles. The highest BCUT2D eigenvalue weighted by Gasteiger charge is 2.38. The number of hydrogen-bond donors (Lipinski definition) is 5. The van der Waals surface area contributed by atoms with Crippen LogP contribution >= 0.6 is 0 Å². The summed E-state index contributed by atoms with van der Waals surface area (Å²) in [4.78, 5) is 0. The van der Waals surface area contributed by atoms with Crippen molar-refractivity contribution in [1.82, 2.24) is 0 Å². The average molecular weight is 275 g/mol. The largest absolute Gasteiger partial charge is 0.389 e. The third-order valence-corrected chi connectivity index (χ3v) is 4.17. The molecule has 1 fully saturated rings. The number of aliphatic hydroxyl groups excluding tert-OH is 3. The Balaban J connectivity index is 2.48. The van der Waals surface area contributed by atoms with Crippen molar-refractivity contribution >= 4 is 0 Å². The number of nitrogens with two attached hydrogens (primary N) is 1. The molecule has 1 unspecified atom stereocenters. The highest BCUT2D eigenvalue weighted by atomic mass is 16.4. The Hall–Kier alpha value is -0.200. The molecule has 1 aliphatic carbocycles. The molecule has 5 heteroatoms. The molecule has 0 bridgehead atoms. The predicted molar refractivity (Wildman–Crippen MR) is 73.5 cm³/mol. The van der Waals surface area contributed by atoms with Crippen molar-refractivity contribution < 1.29 is 20.4 Å². The van der Waals surface area contributed by atoms with E-state index in [1.165, 1.54) is 33.1 Å². The maximum atomic E-state index is 10.0. The first kappa shape index (κ1) is 16.9. The van der Waals surface area contributed by atoms with Gasteiger partial charge in [0.05, 0.1) is 11.7 Å². The monoisotopic (exact) mass is 275 g/mol. The lowest BCUT2D eigenvalue weighted by atomic mass is 9.82. The van der Waals surface area contributed by atoms with E-state index in [9.17, 15) is 20.4 Å². The Morgan fingerprint density at radius 2 is 1.58 bits per heavy atom. The van der Waals surface area contributed by atoms with E-state index in [-0.39, 0.29) is 0 Å². The van der Waals surface area contributed by atoms with E-state index >= 15 is 0 Å². The molecule has 1 rings (SSSR count). The smallest absolute Gasteiger partial charge is 0.111 e. The second-order valence-corrected chi connectivity index (χ2v) is 6.48. The molecule has 0 aromatic rings. The molecule has 0 aromatic carbocycles. The predicted octanol–water partition coefficient (Wildman–Crippen LogP) is 0.138. The van der Waals surface area contributed by atoms with Crippen molar-refractivity contribution in [1.29, 1.82) is 0 Å². The maximum Gasteiger partial charge on any atom is 0.111 e. The average Bonchev–Trinajstić information content (AvgIpc) is 2.36. The Morgan fingerprint density at radius 1 is 1.05 bits per heavy atom. The molecule has 1 aliphatic rings. The van der Waals surface area contributed by atoms with Crippen LogP contribution in [0.4, 0.5) is 0 Å². The normalized spacial score (nSPS) is 24.8. The van der Waals surface area contributed by atoms with Gasteiger partial charge >= 0.3 is 0 Å². The fraction of sp³-hybridized carbons (Fsp3) is 1.00. The molecule has 5 nitrogen and oxygen atoms in total. The lowest BCUT2D eigenvalue weighted by Gasteiger charge is -2.34. The maximum absolute atomic E-state index is 10.0. The first-order valence-corrected chi connectivity index (χ1v) is 7.25. The van der Waals surface area contributed by atoms with Crippen LogP contribution < -0.4 is 5.73 Å². The summed E-state index contributed by atoms with van der Waals surface area (Å²) in [5.74, 6) is 0.491. The van der Waals surface area contributed by atoms with Gasteiger partial charge in [-0.3, -0.25) is 0 Å². The van der Waals surface area contributed by atoms with Crippen LogP contribution in [0.25, 0.3) is 0 Å². The summed E-state index contributed by atoms with van der Waals surface area (Å²) in [6.45, 7) is 2.78. The van der Waals surface area contributed by atoms with Crippen molar-refractivity contribution in [2.24, 2.45) is 11.7 Å². The van der Waals surface area contributed by atoms with Gasteiger partial charge in [-0.05, 0) is 26.2 Å². The molecule has 0 amide bonds. The summed E-state index contributed by atoms with van der Waals surface area (Å²) in [7, 11) is 0. The van der Waals surface area contributed by atoms with Gasteiger partial charge < -0.3 is 26.2 Å². The van der Waals surface area contributed by atoms with Gasteiger partial charge in [0, 0.05) is 6.04 Å². The van der Waals surface area contributed by atoms with E-state index in [2.05, 4.69) is 0 Å². The second kappa shape index (κ2) is 6.99. The zero-order chi connectivity index (χ0) is 14.6. The van der Waals surface area contributed by atoms with Crippen molar-refractivity contribution in [3.63, 3.8) is 0 Å². The van der Waals surface area contributed by atoms with Gasteiger partial charge in [-0.25, -0.2) is 0 Å². The van der Waals surface area contributed by atoms with Crippen LogP contribution in [0.3, 0.4) is 0 Å². The van der Waals surface area contributed by atoms with Crippen LogP contribution in [0.2, 0.25) is 0 Å². The van der Waals surface area contributed by atoms with Crippen LogP contribution in [0.5, 0.6) is 0 Å². The molecule has 0 aliphatic heterocycles. The third kappa shape index (κ3) is 5.00. The Kier molecular flexibility index (Phi) is 6.20. The summed E-state index contributed by atoms with van der Waals surface area (Å²) < 4.78 is 0.